The Bertz CT molecular complexity index is 515. The molecule has 0 bridgehead atoms. The maximum absolute atomic E-state index is 5.79. The Morgan fingerprint density at radius 2 is 2.12 bits per heavy atom. The lowest BCUT2D eigenvalue weighted by atomic mass is 10.2. The third kappa shape index (κ3) is 2.61. The average Bonchev–Trinajstić information content (AvgIpc) is 2.63. The fourth-order valence-corrected chi connectivity index (χ4v) is 1.62. The van der Waals surface area contributed by atoms with Gasteiger partial charge in [0.05, 0.1) is 5.69 Å². The molecule has 17 heavy (non-hydrogen) atoms. The summed E-state index contributed by atoms with van der Waals surface area (Å²) in [6.07, 6.45) is 4.38. The van der Waals surface area contributed by atoms with Crippen molar-refractivity contribution < 1.29 is 0 Å². The van der Waals surface area contributed by atoms with Crippen molar-refractivity contribution in [1.82, 2.24) is 19.5 Å². The van der Waals surface area contributed by atoms with E-state index in [1.807, 2.05) is 17.8 Å². The summed E-state index contributed by atoms with van der Waals surface area (Å²) in [6.45, 7) is 4.11. The second-order valence-electron chi connectivity index (χ2n) is 4.43. The molecule has 0 aliphatic heterocycles. The van der Waals surface area contributed by atoms with Gasteiger partial charge in [-0.1, -0.05) is 13.8 Å². The number of rotatable bonds is 3. The second kappa shape index (κ2) is 4.53. The largest absolute Gasteiger partial charge is 0.384 e. The molecule has 0 unspecified atom stereocenters. The van der Waals surface area contributed by atoms with E-state index in [4.69, 9.17) is 5.73 Å². The molecule has 0 aliphatic rings. The number of nitrogens with zero attached hydrogens (tertiary/aromatic N) is 4. The maximum atomic E-state index is 5.79. The van der Waals surface area contributed by atoms with Gasteiger partial charge in [0.1, 0.15) is 17.5 Å². The quantitative estimate of drug-likeness (QED) is 0.869. The predicted octanol–water partition coefficient (Wildman–Crippen LogP) is 1.51. The first-order valence-electron chi connectivity index (χ1n) is 5.66. The van der Waals surface area contributed by atoms with Gasteiger partial charge in [-0.05, 0) is 0 Å². The van der Waals surface area contributed by atoms with Crippen molar-refractivity contribution >= 4 is 5.82 Å². The van der Waals surface area contributed by atoms with Crippen molar-refractivity contribution in [3.05, 3.63) is 35.8 Å². The Kier molecular flexibility index (Phi) is 3.08. The zero-order valence-corrected chi connectivity index (χ0v) is 10.4. The van der Waals surface area contributed by atoms with E-state index in [-0.39, 0.29) is 5.92 Å². The number of aromatic nitrogens is 4. The summed E-state index contributed by atoms with van der Waals surface area (Å²) in [5, 5.41) is 0. The van der Waals surface area contributed by atoms with Crippen LogP contribution in [0.3, 0.4) is 0 Å². The SMILES string of the molecule is CC(C)c1nc(N)cc(Cc2nccn2C)n1. The molecule has 2 aromatic heterocycles. The summed E-state index contributed by atoms with van der Waals surface area (Å²) >= 11 is 0. The average molecular weight is 231 g/mol. The summed E-state index contributed by atoms with van der Waals surface area (Å²) < 4.78 is 1.98. The summed E-state index contributed by atoms with van der Waals surface area (Å²) in [5.41, 5.74) is 6.70. The molecule has 0 fully saturated rings. The van der Waals surface area contributed by atoms with Crippen LogP contribution < -0.4 is 5.73 Å². The summed E-state index contributed by atoms with van der Waals surface area (Å²) in [5.74, 6) is 2.55. The van der Waals surface area contributed by atoms with Crippen molar-refractivity contribution in [2.75, 3.05) is 5.73 Å². The van der Waals surface area contributed by atoms with E-state index in [1.165, 1.54) is 0 Å². The lowest BCUT2D eigenvalue weighted by molar-refractivity contribution is 0.750. The van der Waals surface area contributed by atoms with Crippen molar-refractivity contribution in [2.24, 2.45) is 7.05 Å². The Hall–Kier alpha value is -1.91. The number of nitrogens with two attached hydrogens (primary N) is 1. The molecular formula is C12H17N5. The molecular weight excluding hydrogens is 214 g/mol. The highest BCUT2D eigenvalue weighted by Crippen LogP contribution is 2.14. The Labute approximate surface area is 101 Å². The molecule has 0 saturated carbocycles. The molecule has 90 valence electrons. The van der Waals surface area contributed by atoms with Crippen LogP contribution in [0.15, 0.2) is 18.5 Å². The van der Waals surface area contributed by atoms with Crippen LogP contribution in [0.4, 0.5) is 5.82 Å². The molecule has 0 amide bonds. The van der Waals surface area contributed by atoms with E-state index < -0.39 is 0 Å². The van der Waals surface area contributed by atoms with Crippen molar-refractivity contribution in [1.29, 1.82) is 0 Å². The van der Waals surface area contributed by atoms with E-state index in [0.29, 0.717) is 12.2 Å². The van der Waals surface area contributed by atoms with E-state index in [1.54, 1.807) is 12.3 Å². The van der Waals surface area contributed by atoms with Gasteiger partial charge in [0.15, 0.2) is 0 Å². The van der Waals surface area contributed by atoms with Gasteiger partial charge in [-0.2, -0.15) is 0 Å². The fraction of sp³-hybridized carbons (Fsp3) is 0.417. The minimum absolute atomic E-state index is 0.277. The molecule has 2 aromatic rings. The van der Waals surface area contributed by atoms with Crippen LogP contribution in [0, 0.1) is 0 Å². The summed E-state index contributed by atoms with van der Waals surface area (Å²) in [4.78, 5) is 13.0. The first-order chi connectivity index (χ1) is 8.06. The van der Waals surface area contributed by atoms with Crippen molar-refractivity contribution in [3.8, 4) is 0 Å². The van der Waals surface area contributed by atoms with Gasteiger partial charge < -0.3 is 10.3 Å². The van der Waals surface area contributed by atoms with E-state index >= 15 is 0 Å². The number of nitrogen functional groups attached to an aromatic ring is 1. The number of hydrogen-bond acceptors (Lipinski definition) is 4. The van der Waals surface area contributed by atoms with Crippen LogP contribution in [0.2, 0.25) is 0 Å². The molecule has 2 N–H and O–H groups in total. The molecule has 0 aliphatic carbocycles. The second-order valence-corrected chi connectivity index (χ2v) is 4.43. The molecule has 2 heterocycles. The van der Waals surface area contributed by atoms with Crippen molar-refractivity contribution in [3.63, 3.8) is 0 Å². The van der Waals surface area contributed by atoms with Gasteiger partial charge in [-0.3, -0.25) is 0 Å². The lowest BCUT2D eigenvalue weighted by Gasteiger charge is -2.08. The highest BCUT2D eigenvalue weighted by atomic mass is 15.0. The van der Waals surface area contributed by atoms with Gasteiger partial charge in [0, 0.05) is 37.8 Å². The Morgan fingerprint density at radius 3 is 2.71 bits per heavy atom. The number of hydrogen-bond donors (Lipinski definition) is 1. The smallest absolute Gasteiger partial charge is 0.133 e. The topological polar surface area (TPSA) is 69.6 Å². The van der Waals surface area contributed by atoms with Gasteiger partial charge >= 0.3 is 0 Å². The molecule has 0 aromatic carbocycles. The number of anilines is 1. The molecule has 0 atom stereocenters. The van der Waals surface area contributed by atoms with Gasteiger partial charge in [-0.25, -0.2) is 15.0 Å². The molecule has 0 spiro atoms. The molecule has 0 saturated heterocycles. The minimum atomic E-state index is 0.277. The molecule has 5 nitrogen and oxygen atoms in total. The standard InChI is InChI=1S/C12H17N5/c1-8(2)12-15-9(6-10(13)16-12)7-11-14-4-5-17(11)3/h4-6,8H,7H2,1-3H3,(H2,13,15,16). The first kappa shape index (κ1) is 11.6. The Morgan fingerprint density at radius 1 is 1.35 bits per heavy atom. The van der Waals surface area contributed by atoms with Crippen LogP contribution in [-0.4, -0.2) is 19.5 Å². The highest BCUT2D eigenvalue weighted by molar-refractivity contribution is 5.31. The van der Waals surface area contributed by atoms with Crippen LogP contribution in [0.25, 0.3) is 0 Å². The van der Waals surface area contributed by atoms with E-state index in [9.17, 15) is 0 Å². The highest BCUT2D eigenvalue weighted by Gasteiger charge is 2.08. The third-order valence-corrected chi connectivity index (χ3v) is 2.59. The molecule has 0 radical (unpaired) electrons. The summed E-state index contributed by atoms with van der Waals surface area (Å²) in [7, 11) is 1.97. The maximum Gasteiger partial charge on any atom is 0.133 e. The molecule has 2 rings (SSSR count). The van der Waals surface area contributed by atoms with Gasteiger partial charge in [0.25, 0.3) is 0 Å². The van der Waals surface area contributed by atoms with E-state index in [0.717, 1.165) is 17.3 Å². The lowest BCUT2D eigenvalue weighted by Crippen LogP contribution is -2.07. The predicted molar refractivity (Wildman–Crippen MR) is 66.5 cm³/mol. The Balaban J connectivity index is 2.30. The first-order valence-corrected chi connectivity index (χ1v) is 5.66. The minimum Gasteiger partial charge on any atom is -0.384 e. The van der Waals surface area contributed by atoms with E-state index in [2.05, 4.69) is 28.8 Å². The van der Waals surface area contributed by atoms with Crippen LogP contribution in [0.1, 0.15) is 37.1 Å². The molecule has 5 heteroatoms. The zero-order chi connectivity index (χ0) is 12.4. The van der Waals surface area contributed by atoms with Crippen LogP contribution in [-0.2, 0) is 13.5 Å². The summed E-state index contributed by atoms with van der Waals surface area (Å²) in [6, 6.07) is 1.81. The van der Waals surface area contributed by atoms with Gasteiger partial charge in [0.2, 0.25) is 0 Å². The zero-order valence-electron chi connectivity index (χ0n) is 10.4. The van der Waals surface area contributed by atoms with Crippen LogP contribution >= 0.6 is 0 Å². The normalized spacial score (nSPS) is 11.1. The monoisotopic (exact) mass is 231 g/mol. The number of imidazole rings is 1. The van der Waals surface area contributed by atoms with Crippen LogP contribution in [0.5, 0.6) is 0 Å². The van der Waals surface area contributed by atoms with Crippen molar-refractivity contribution in [2.45, 2.75) is 26.2 Å². The van der Waals surface area contributed by atoms with Gasteiger partial charge in [-0.15, -0.1) is 0 Å². The third-order valence-electron chi connectivity index (χ3n) is 2.59. The number of aryl methyl sites for hydroxylation is 1. The fourth-order valence-electron chi connectivity index (χ4n) is 1.62.